The molecular weight excluding hydrogens is 488 g/mol. The van der Waals surface area contributed by atoms with Gasteiger partial charge in [-0.05, 0) is 57.1 Å². The van der Waals surface area contributed by atoms with Crippen molar-refractivity contribution in [2.75, 3.05) is 27.2 Å². The van der Waals surface area contributed by atoms with Crippen LogP contribution < -0.4 is 5.32 Å². The highest BCUT2D eigenvalue weighted by Gasteiger charge is 2.39. The maximum absolute atomic E-state index is 13.3. The van der Waals surface area contributed by atoms with Crippen LogP contribution in [-0.2, 0) is 23.6 Å². The third-order valence-electron chi connectivity index (χ3n) is 5.95. The summed E-state index contributed by atoms with van der Waals surface area (Å²) in [5.41, 5.74) is -2.90. The average molecular weight is 515 g/mol. The van der Waals surface area contributed by atoms with Gasteiger partial charge in [0.15, 0.2) is 0 Å². The van der Waals surface area contributed by atoms with Crippen molar-refractivity contribution in [2.24, 2.45) is 0 Å². The van der Waals surface area contributed by atoms with Gasteiger partial charge in [0.2, 0.25) is 5.91 Å². The van der Waals surface area contributed by atoms with Crippen molar-refractivity contribution in [3.05, 3.63) is 70.8 Å². The van der Waals surface area contributed by atoms with E-state index in [2.05, 4.69) is 5.32 Å². The van der Waals surface area contributed by atoms with E-state index < -0.39 is 41.0 Å². The molecule has 0 aliphatic carbocycles. The monoisotopic (exact) mass is 515 g/mol. The summed E-state index contributed by atoms with van der Waals surface area (Å²) >= 11 is 0. The number of hydrogen-bond donors (Lipinski definition) is 1. The number of nitrogens with one attached hydrogen (secondary N) is 1. The van der Waals surface area contributed by atoms with E-state index in [1.165, 1.54) is 4.90 Å². The van der Waals surface area contributed by atoms with Crippen molar-refractivity contribution in [1.29, 1.82) is 0 Å². The van der Waals surface area contributed by atoms with E-state index in [1.54, 1.807) is 37.2 Å². The van der Waals surface area contributed by atoms with Gasteiger partial charge in [0, 0.05) is 24.2 Å². The topological polar surface area (TPSA) is 52.7 Å². The van der Waals surface area contributed by atoms with Gasteiger partial charge in [0.1, 0.15) is 0 Å². The molecule has 2 atom stereocenters. The largest absolute Gasteiger partial charge is 0.416 e. The molecule has 1 heterocycles. The summed E-state index contributed by atoms with van der Waals surface area (Å²) in [6.07, 6.45) is -9.14. The summed E-state index contributed by atoms with van der Waals surface area (Å²) in [4.78, 5) is 28.6. The summed E-state index contributed by atoms with van der Waals surface area (Å²) in [7, 11) is 3.48. The lowest BCUT2D eigenvalue weighted by Crippen LogP contribution is -2.53. The SMILES string of the molecule is CN(C)CC(=O)NC1CCN(C(=O)c2cc(C(F)(F)F)cc(C(F)(F)F)c2)C(Cc2ccccc2)C1. The standard InChI is InChI=1S/C25H27F6N3O2/c1-33(2)15-22(35)32-20-8-9-34(21(14-20)10-16-6-4-3-5-7-16)23(36)17-11-18(24(26,27)28)13-19(12-17)25(29,30)31/h3-7,11-13,20-21H,8-10,14-15H2,1-2H3,(H,32,35). The summed E-state index contributed by atoms with van der Waals surface area (Å²) < 4.78 is 80.0. The summed E-state index contributed by atoms with van der Waals surface area (Å²) in [5, 5.41) is 2.91. The van der Waals surface area contributed by atoms with Crippen LogP contribution in [0.5, 0.6) is 0 Å². The molecule has 2 aromatic rings. The van der Waals surface area contributed by atoms with E-state index in [0.29, 0.717) is 31.4 Å². The highest BCUT2D eigenvalue weighted by molar-refractivity contribution is 5.95. The van der Waals surface area contributed by atoms with Crippen LogP contribution in [0.1, 0.15) is 39.9 Å². The first kappa shape index (κ1) is 27.5. The molecule has 0 aromatic heterocycles. The number of halogens is 6. The van der Waals surface area contributed by atoms with Crippen LogP contribution in [-0.4, -0.2) is 60.9 Å². The van der Waals surface area contributed by atoms with Crippen molar-refractivity contribution in [2.45, 2.75) is 43.7 Å². The smallest absolute Gasteiger partial charge is 0.352 e. The Labute approximate surface area is 205 Å². The van der Waals surface area contributed by atoms with Gasteiger partial charge in [0.25, 0.3) is 5.91 Å². The van der Waals surface area contributed by atoms with Gasteiger partial charge >= 0.3 is 12.4 Å². The predicted octanol–water partition coefficient (Wildman–Crippen LogP) is 4.62. The molecule has 1 fully saturated rings. The number of hydrogen-bond acceptors (Lipinski definition) is 3. The molecule has 0 spiro atoms. The van der Waals surface area contributed by atoms with Crippen LogP contribution in [0, 0.1) is 0 Å². The summed E-state index contributed by atoms with van der Waals surface area (Å²) in [6.45, 7) is 0.230. The summed E-state index contributed by atoms with van der Waals surface area (Å²) in [6, 6.07) is 9.14. The fraction of sp³-hybridized carbons (Fsp3) is 0.440. The Morgan fingerprint density at radius 2 is 1.56 bits per heavy atom. The third-order valence-corrected chi connectivity index (χ3v) is 5.95. The van der Waals surface area contributed by atoms with E-state index >= 15 is 0 Å². The predicted molar refractivity (Wildman–Crippen MR) is 121 cm³/mol. The van der Waals surface area contributed by atoms with E-state index in [1.807, 2.05) is 12.1 Å². The molecule has 1 aliphatic rings. The molecule has 2 aromatic carbocycles. The van der Waals surface area contributed by atoms with Crippen LogP contribution in [0.3, 0.4) is 0 Å². The zero-order valence-electron chi connectivity index (χ0n) is 19.8. The van der Waals surface area contributed by atoms with Gasteiger partial charge in [-0.3, -0.25) is 9.59 Å². The molecule has 0 bridgehead atoms. The minimum atomic E-state index is -5.05. The van der Waals surface area contributed by atoms with Crippen LogP contribution in [0.25, 0.3) is 0 Å². The van der Waals surface area contributed by atoms with Crippen molar-refractivity contribution >= 4 is 11.8 Å². The second-order valence-corrected chi connectivity index (χ2v) is 9.16. The lowest BCUT2D eigenvalue weighted by atomic mass is 9.91. The molecule has 1 aliphatic heterocycles. The Balaban J connectivity index is 1.92. The Morgan fingerprint density at radius 1 is 0.972 bits per heavy atom. The van der Waals surface area contributed by atoms with E-state index in [-0.39, 0.29) is 31.1 Å². The number of alkyl halides is 6. The Kier molecular flexibility index (Phi) is 8.33. The zero-order valence-corrected chi connectivity index (χ0v) is 19.8. The molecule has 0 saturated carbocycles. The van der Waals surface area contributed by atoms with E-state index in [4.69, 9.17) is 0 Å². The first-order valence-electron chi connectivity index (χ1n) is 11.3. The molecule has 196 valence electrons. The minimum absolute atomic E-state index is 0.00471. The number of rotatable bonds is 6. The number of likely N-dealkylation sites (tertiary alicyclic amines) is 1. The lowest BCUT2D eigenvalue weighted by molar-refractivity contribution is -0.143. The number of likely N-dealkylation sites (N-methyl/N-ethyl adjacent to an activating group) is 1. The Hall–Kier alpha value is -3.08. The highest BCUT2D eigenvalue weighted by Crippen LogP contribution is 2.37. The molecular formula is C25H27F6N3O2. The minimum Gasteiger partial charge on any atom is -0.352 e. The number of benzene rings is 2. The van der Waals surface area contributed by atoms with Gasteiger partial charge in [-0.25, -0.2) is 0 Å². The van der Waals surface area contributed by atoms with Gasteiger partial charge in [0.05, 0.1) is 17.7 Å². The molecule has 11 heteroatoms. The summed E-state index contributed by atoms with van der Waals surface area (Å²) in [5.74, 6) is -1.12. The van der Waals surface area contributed by atoms with Crippen molar-refractivity contribution in [1.82, 2.24) is 15.1 Å². The third kappa shape index (κ3) is 7.22. The number of nitrogens with zero attached hydrogens (tertiary/aromatic N) is 2. The first-order chi connectivity index (χ1) is 16.7. The van der Waals surface area contributed by atoms with Gasteiger partial charge in [-0.2, -0.15) is 26.3 Å². The second kappa shape index (κ2) is 10.9. The van der Waals surface area contributed by atoms with Crippen LogP contribution in [0.2, 0.25) is 0 Å². The normalized spacial score (nSPS) is 18.9. The van der Waals surface area contributed by atoms with Crippen molar-refractivity contribution < 1.29 is 35.9 Å². The fourth-order valence-electron chi connectivity index (χ4n) is 4.33. The number of piperidine rings is 1. The Bertz CT molecular complexity index is 1040. The maximum Gasteiger partial charge on any atom is 0.416 e. The highest BCUT2D eigenvalue weighted by atomic mass is 19.4. The molecule has 36 heavy (non-hydrogen) atoms. The quantitative estimate of drug-likeness (QED) is 0.572. The molecule has 1 saturated heterocycles. The molecule has 2 amide bonds. The average Bonchev–Trinajstić information content (AvgIpc) is 2.77. The molecule has 0 radical (unpaired) electrons. The number of amides is 2. The van der Waals surface area contributed by atoms with E-state index in [0.717, 1.165) is 5.56 Å². The van der Waals surface area contributed by atoms with Crippen LogP contribution in [0.4, 0.5) is 26.3 Å². The van der Waals surface area contributed by atoms with Gasteiger partial charge in [-0.15, -0.1) is 0 Å². The fourth-order valence-corrected chi connectivity index (χ4v) is 4.33. The first-order valence-corrected chi connectivity index (χ1v) is 11.3. The van der Waals surface area contributed by atoms with Gasteiger partial charge < -0.3 is 15.1 Å². The van der Waals surface area contributed by atoms with Gasteiger partial charge in [-0.1, -0.05) is 30.3 Å². The molecule has 3 rings (SSSR count). The molecule has 5 nitrogen and oxygen atoms in total. The number of carbonyl (C=O) groups is 2. The van der Waals surface area contributed by atoms with Crippen molar-refractivity contribution in [3.8, 4) is 0 Å². The van der Waals surface area contributed by atoms with Crippen LogP contribution >= 0.6 is 0 Å². The van der Waals surface area contributed by atoms with E-state index in [9.17, 15) is 35.9 Å². The molecule has 2 unspecified atom stereocenters. The van der Waals surface area contributed by atoms with Crippen molar-refractivity contribution in [3.63, 3.8) is 0 Å². The second-order valence-electron chi connectivity index (χ2n) is 9.16. The number of carbonyl (C=O) groups excluding carboxylic acids is 2. The van der Waals surface area contributed by atoms with Crippen LogP contribution in [0.15, 0.2) is 48.5 Å². The molecule has 1 N–H and O–H groups in total. The Morgan fingerprint density at radius 3 is 2.08 bits per heavy atom. The zero-order chi connectivity index (χ0) is 26.7. The maximum atomic E-state index is 13.3. The lowest BCUT2D eigenvalue weighted by Gasteiger charge is -2.40.